The molecule has 0 amide bonds. The van der Waals surface area contributed by atoms with Gasteiger partial charge in [-0.05, 0) is 43.3 Å². The van der Waals surface area contributed by atoms with Gasteiger partial charge in [0.05, 0.1) is 6.54 Å². The van der Waals surface area contributed by atoms with Crippen molar-refractivity contribution in [1.82, 2.24) is 19.9 Å². The van der Waals surface area contributed by atoms with E-state index < -0.39 is 0 Å². The minimum absolute atomic E-state index is 0.213. The van der Waals surface area contributed by atoms with E-state index in [0.29, 0.717) is 18.3 Å². The van der Waals surface area contributed by atoms with Gasteiger partial charge in [-0.3, -0.25) is 4.90 Å². The fourth-order valence-electron chi connectivity index (χ4n) is 2.91. The molecule has 3 N–H and O–H groups in total. The Bertz CT molecular complexity index is 922. The Kier molecular flexibility index (Phi) is 6.06. The first-order chi connectivity index (χ1) is 13.4. The normalized spacial score (nSPS) is 10.9. The summed E-state index contributed by atoms with van der Waals surface area (Å²) in [4.78, 5) is 17.3. The predicted molar refractivity (Wildman–Crippen MR) is 115 cm³/mol. The van der Waals surface area contributed by atoms with E-state index >= 15 is 0 Å². The summed E-state index contributed by atoms with van der Waals surface area (Å²) in [6, 6.07) is 16.5. The number of nitrogens with one attached hydrogen (secondary N) is 1. The van der Waals surface area contributed by atoms with Gasteiger partial charge in [-0.1, -0.05) is 30.3 Å². The summed E-state index contributed by atoms with van der Waals surface area (Å²) in [6.45, 7) is 3.40. The third kappa shape index (κ3) is 5.17. The number of nitrogens with zero attached hydrogens (tertiary/aromatic N) is 5. The molecule has 7 heteroatoms. The molecule has 0 fully saturated rings. The maximum Gasteiger partial charge on any atom is 0.232 e. The van der Waals surface area contributed by atoms with Crippen molar-refractivity contribution < 1.29 is 0 Å². The average Bonchev–Trinajstić information content (AvgIpc) is 2.63. The Morgan fingerprint density at radius 3 is 2.29 bits per heavy atom. The van der Waals surface area contributed by atoms with Gasteiger partial charge in [-0.15, -0.1) is 0 Å². The van der Waals surface area contributed by atoms with Gasteiger partial charge >= 0.3 is 0 Å². The van der Waals surface area contributed by atoms with Crippen LogP contribution in [0.15, 0.2) is 48.5 Å². The lowest BCUT2D eigenvalue weighted by Crippen LogP contribution is -2.20. The van der Waals surface area contributed by atoms with E-state index in [2.05, 4.69) is 54.3 Å². The summed E-state index contributed by atoms with van der Waals surface area (Å²) in [6.07, 6.45) is 0. The molecule has 0 radical (unpaired) electrons. The highest BCUT2D eigenvalue weighted by Crippen LogP contribution is 2.18. The van der Waals surface area contributed by atoms with Crippen LogP contribution in [-0.2, 0) is 13.1 Å². The van der Waals surface area contributed by atoms with Crippen molar-refractivity contribution in [2.45, 2.75) is 20.0 Å². The summed E-state index contributed by atoms with van der Waals surface area (Å²) in [5.41, 5.74) is 10.4. The van der Waals surface area contributed by atoms with Crippen molar-refractivity contribution in [2.75, 3.05) is 37.1 Å². The number of aryl methyl sites for hydroxylation is 1. The molecular weight excluding hydrogens is 350 g/mol. The number of aromatic nitrogens is 3. The van der Waals surface area contributed by atoms with Gasteiger partial charge in [0.2, 0.25) is 11.9 Å². The van der Waals surface area contributed by atoms with Crippen LogP contribution in [0.5, 0.6) is 0 Å². The van der Waals surface area contributed by atoms with Crippen LogP contribution < -0.4 is 16.0 Å². The van der Waals surface area contributed by atoms with Crippen LogP contribution in [0.4, 0.5) is 23.3 Å². The van der Waals surface area contributed by atoms with Gasteiger partial charge in [0.15, 0.2) is 0 Å². The third-order valence-electron chi connectivity index (χ3n) is 4.41. The zero-order valence-corrected chi connectivity index (χ0v) is 16.8. The molecule has 1 heterocycles. The van der Waals surface area contributed by atoms with Crippen LogP contribution in [0, 0.1) is 6.92 Å². The number of hydrogen-bond donors (Lipinski definition) is 2. The van der Waals surface area contributed by atoms with Crippen molar-refractivity contribution in [3.8, 4) is 0 Å². The molecule has 2 aromatic carbocycles. The quantitative estimate of drug-likeness (QED) is 0.654. The second-order valence-electron chi connectivity index (χ2n) is 7.11. The Balaban J connectivity index is 1.68. The molecule has 3 aromatic rings. The van der Waals surface area contributed by atoms with Crippen molar-refractivity contribution in [1.29, 1.82) is 0 Å². The van der Waals surface area contributed by atoms with Gasteiger partial charge in [0.1, 0.15) is 5.82 Å². The van der Waals surface area contributed by atoms with Crippen LogP contribution in [0.2, 0.25) is 0 Å². The molecular formula is C21H27N7. The van der Waals surface area contributed by atoms with Crippen LogP contribution >= 0.6 is 0 Å². The predicted octanol–water partition coefficient (Wildman–Crippen LogP) is 3.20. The monoisotopic (exact) mass is 377 g/mol. The van der Waals surface area contributed by atoms with Crippen molar-refractivity contribution in [2.24, 2.45) is 0 Å². The summed E-state index contributed by atoms with van der Waals surface area (Å²) in [7, 11) is 6.11. The van der Waals surface area contributed by atoms with Gasteiger partial charge in [0.25, 0.3) is 0 Å². The average molecular weight is 377 g/mol. The number of nitrogens with two attached hydrogens (primary N) is 1. The smallest absolute Gasteiger partial charge is 0.232 e. The maximum absolute atomic E-state index is 5.90. The fourth-order valence-corrected chi connectivity index (χ4v) is 2.91. The van der Waals surface area contributed by atoms with Gasteiger partial charge in [0, 0.05) is 32.0 Å². The van der Waals surface area contributed by atoms with E-state index in [9.17, 15) is 0 Å². The van der Waals surface area contributed by atoms with E-state index in [-0.39, 0.29) is 5.95 Å². The summed E-state index contributed by atoms with van der Waals surface area (Å²) in [5, 5.41) is 3.23. The molecule has 0 aliphatic rings. The fraction of sp³-hybridized carbons (Fsp3) is 0.286. The number of anilines is 4. The molecule has 0 aliphatic heterocycles. The number of benzene rings is 2. The maximum atomic E-state index is 5.90. The van der Waals surface area contributed by atoms with Crippen LogP contribution in [0.1, 0.15) is 17.0 Å². The van der Waals surface area contributed by atoms with Crippen molar-refractivity contribution in [3.05, 3.63) is 65.5 Å². The standard InChI is InChI=1S/C21H27N7/c1-15-7-5-6-8-18(15)23-21-25-19(24-20(22)26-21)14-28(4)13-16-9-11-17(12-10-16)27(2)3/h5-12H,13-14H2,1-4H3,(H3,22,23,24,25,26). The highest BCUT2D eigenvalue weighted by atomic mass is 15.2. The lowest BCUT2D eigenvalue weighted by molar-refractivity contribution is 0.310. The second-order valence-corrected chi connectivity index (χ2v) is 7.11. The first kappa shape index (κ1) is 19.6. The largest absolute Gasteiger partial charge is 0.378 e. The number of para-hydroxylation sites is 1. The summed E-state index contributed by atoms with van der Waals surface area (Å²) >= 11 is 0. The Hall–Kier alpha value is -3.19. The number of rotatable bonds is 7. The molecule has 0 saturated carbocycles. The Labute approximate surface area is 166 Å². The van der Waals surface area contributed by atoms with Gasteiger partial charge < -0.3 is 16.0 Å². The summed E-state index contributed by atoms with van der Waals surface area (Å²) < 4.78 is 0. The SMILES string of the molecule is Cc1ccccc1Nc1nc(N)nc(CN(C)Cc2ccc(N(C)C)cc2)n1. The van der Waals surface area contributed by atoms with E-state index in [0.717, 1.165) is 17.8 Å². The molecule has 28 heavy (non-hydrogen) atoms. The molecule has 0 unspecified atom stereocenters. The molecule has 0 spiro atoms. The molecule has 0 aliphatic carbocycles. The van der Waals surface area contributed by atoms with Crippen molar-refractivity contribution in [3.63, 3.8) is 0 Å². The van der Waals surface area contributed by atoms with E-state index in [4.69, 9.17) is 5.73 Å². The lowest BCUT2D eigenvalue weighted by Gasteiger charge is -2.18. The minimum Gasteiger partial charge on any atom is -0.378 e. The molecule has 0 bridgehead atoms. The number of hydrogen-bond acceptors (Lipinski definition) is 7. The zero-order valence-electron chi connectivity index (χ0n) is 16.8. The number of nitrogen functional groups attached to an aromatic ring is 1. The molecule has 0 saturated heterocycles. The topological polar surface area (TPSA) is 83.2 Å². The van der Waals surface area contributed by atoms with Crippen LogP contribution in [0.3, 0.4) is 0 Å². The van der Waals surface area contributed by atoms with Gasteiger partial charge in [-0.2, -0.15) is 15.0 Å². The molecule has 1 aromatic heterocycles. The second kappa shape index (κ2) is 8.67. The van der Waals surface area contributed by atoms with E-state index in [1.165, 1.54) is 11.3 Å². The Morgan fingerprint density at radius 2 is 1.61 bits per heavy atom. The molecule has 7 nitrogen and oxygen atoms in total. The minimum atomic E-state index is 0.213. The highest BCUT2D eigenvalue weighted by Gasteiger charge is 2.09. The van der Waals surface area contributed by atoms with E-state index in [1.54, 1.807) is 0 Å². The third-order valence-corrected chi connectivity index (χ3v) is 4.41. The molecule has 3 rings (SSSR count). The van der Waals surface area contributed by atoms with Gasteiger partial charge in [-0.25, -0.2) is 0 Å². The molecule has 146 valence electrons. The first-order valence-corrected chi connectivity index (χ1v) is 9.18. The lowest BCUT2D eigenvalue weighted by atomic mass is 10.2. The first-order valence-electron chi connectivity index (χ1n) is 9.18. The van der Waals surface area contributed by atoms with Crippen LogP contribution in [0.25, 0.3) is 0 Å². The Morgan fingerprint density at radius 1 is 0.893 bits per heavy atom. The molecule has 0 atom stereocenters. The van der Waals surface area contributed by atoms with E-state index in [1.807, 2.05) is 52.3 Å². The van der Waals surface area contributed by atoms with Crippen molar-refractivity contribution >= 4 is 23.3 Å². The van der Waals surface area contributed by atoms with Crippen LogP contribution in [-0.4, -0.2) is 41.0 Å². The zero-order chi connectivity index (χ0) is 20.1. The summed E-state index contributed by atoms with van der Waals surface area (Å²) in [5.74, 6) is 1.31. The highest BCUT2D eigenvalue weighted by molar-refractivity contribution is 5.58.